The summed E-state index contributed by atoms with van der Waals surface area (Å²) in [5, 5.41) is 11.8. The third-order valence-electron chi connectivity index (χ3n) is 5.18. The Balaban J connectivity index is 0.00000181. The second-order valence-corrected chi connectivity index (χ2v) is 7.23. The molecule has 2 aromatic carbocycles. The number of carbonyl (C=O) groups is 2. The largest absolute Gasteiger partial charge is 1.00 e. The zero-order valence-electron chi connectivity index (χ0n) is 18.8. The van der Waals surface area contributed by atoms with Crippen molar-refractivity contribution < 1.29 is 29.9 Å². The number of nitrogens with one attached hydrogen (secondary N) is 1. The molecule has 1 N–H and O–H groups in total. The number of nitriles is 1. The first kappa shape index (κ1) is 25.2. The summed E-state index contributed by atoms with van der Waals surface area (Å²) < 4.78 is 1.90. The molecular formula is C23H23ClLiN5O2. The summed E-state index contributed by atoms with van der Waals surface area (Å²) in [5.74, 6) is -0.287. The summed E-state index contributed by atoms with van der Waals surface area (Å²) in [6, 6.07) is 18.4. The summed E-state index contributed by atoms with van der Waals surface area (Å²) >= 11 is 0. The minimum absolute atomic E-state index is 0. The van der Waals surface area contributed by atoms with Gasteiger partial charge in [-0.15, -0.1) is 12.4 Å². The molecule has 1 unspecified atom stereocenters. The monoisotopic (exact) mass is 443 g/mol. The van der Waals surface area contributed by atoms with E-state index in [1.165, 1.54) is 0 Å². The predicted molar refractivity (Wildman–Crippen MR) is 120 cm³/mol. The number of rotatable bonds is 6. The molecule has 7 nitrogen and oxygen atoms in total. The zero-order valence-corrected chi connectivity index (χ0v) is 18.6. The molecule has 0 aliphatic carbocycles. The standard InChI is InChI=1S/C23H21N5O2.ClH.Li.H/c24-13-17-6-8-18(9-7-17)15-27-16-25-14-20(27)12-22(29)26-21-10-11-28(23(21)30)19-4-2-1-3-5-19;;;/h1-9,14,16,21H,10-12,15H2,(H,26,29);1H;;/q;;+1;-1. The van der Waals surface area contributed by atoms with Crippen molar-refractivity contribution in [3.8, 4) is 6.07 Å². The number of carbonyl (C=O) groups excluding carboxylic acids is 2. The molecule has 1 aliphatic heterocycles. The number of aromatic nitrogens is 2. The Bertz CT molecular complexity index is 1100. The molecule has 0 saturated carbocycles. The molecule has 0 bridgehead atoms. The van der Waals surface area contributed by atoms with E-state index in [2.05, 4.69) is 16.4 Å². The first-order valence-corrected chi connectivity index (χ1v) is 9.78. The third-order valence-corrected chi connectivity index (χ3v) is 5.18. The minimum atomic E-state index is -0.507. The van der Waals surface area contributed by atoms with Crippen LogP contribution in [-0.4, -0.2) is 34.0 Å². The molecule has 2 heterocycles. The van der Waals surface area contributed by atoms with Crippen LogP contribution in [0.1, 0.15) is 24.7 Å². The maximum absolute atomic E-state index is 12.7. The van der Waals surface area contributed by atoms with Crippen molar-refractivity contribution in [2.24, 2.45) is 0 Å². The van der Waals surface area contributed by atoms with Crippen LogP contribution in [0.2, 0.25) is 0 Å². The average Bonchev–Trinajstić information content (AvgIpc) is 3.35. The van der Waals surface area contributed by atoms with Gasteiger partial charge in [-0.3, -0.25) is 9.59 Å². The number of halogens is 1. The molecule has 2 amide bonds. The number of benzene rings is 2. The minimum Gasteiger partial charge on any atom is -1.00 e. The maximum atomic E-state index is 12.7. The van der Waals surface area contributed by atoms with Gasteiger partial charge in [-0.2, -0.15) is 5.26 Å². The quantitative estimate of drug-likeness (QED) is 0.534. The first-order chi connectivity index (χ1) is 14.6. The van der Waals surface area contributed by atoms with Gasteiger partial charge >= 0.3 is 18.9 Å². The second-order valence-electron chi connectivity index (χ2n) is 7.23. The molecule has 9 heteroatoms. The second kappa shape index (κ2) is 11.5. The van der Waals surface area contributed by atoms with E-state index >= 15 is 0 Å². The molecular weight excluding hydrogens is 421 g/mol. The van der Waals surface area contributed by atoms with Crippen LogP contribution in [-0.2, 0) is 22.6 Å². The molecule has 0 radical (unpaired) electrons. The molecule has 3 aromatic rings. The van der Waals surface area contributed by atoms with E-state index in [1.807, 2.05) is 47.0 Å². The number of para-hydroxylation sites is 1. The van der Waals surface area contributed by atoms with Crippen molar-refractivity contribution in [3.63, 3.8) is 0 Å². The molecule has 0 spiro atoms. The van der Waals surface area contributed by atoms with Gasteiger partial charge in [0.05, 0.1) is 24.4 Å². The Labute approximate surface area is 206 Å². The van der Waals surface area contributed by atoms with Gasteiger partial charge < -0.3 is 16.2 Å². The van der Waals surface area contributed by atoms with Crippen LogP contribution in [0, 0.1) is 11.3 Å². The van der Waals surface area contributed by atoms with Crippen molar-refractivity contribution in [2.45, 2.75) is 25.4 Å². The van der Waals surface area contributed by atoms with Crippen molar-refractivity contribution in [3.05, 3.63) is 83.9 Å². The normalized spacial score (nSPS) is 14.8. The molecule has 1 aliphatic rings. The van der Waals surface area contributed by atoms with Crippen LogP contribution in [0.3, 0.4) is 0 Å². The molecule has 32 heavy (non-hydrogen) atoms. The van der Waals surface area contributed by atoms with E-state index in [1.54, 1.807) is 29.6 Å². The molecule has 1 atom stereocenters. The summed E-state index contributed by atoms with van der Waals surface area (Å²) in [6.07, 6.45) is 4.07. The Kier molecular flexibility index (Phi) is 9.10. The Morgan fingerprint density at radius 2 is 1.91 bits per heavy atom. The SMILES string of the molecule is Cl.N#Cc1ccc(Cn2cncc2CC(=O)NC2CCN(c3ccccc3)C2=O)cc1.[H-].[Li+]. The molecule has 1 aromatic heterocycles. The van der Waals surface area contributed by atoms with Gasteiger partial charge in [0.1, 0.15) is 6.04 Å². The van der Waals surface area contributed by atoms with Gasteiger partial charge in [-0.05, 0) is 36.2 Å². The molecule has 1 saturated heterocycles. The van der Waals surface area contributed by atoms with Gasteiger partial charge in [-0.1, -0.05) is 30.3 Å². The molecule has 4 rings (SSSR count). The molecule has 160 valence electrons. The summed E-state index contributed by atoms with van der Waals surface area (Å²) in [7, 11) is 0. The average molecular weight is 444 g/mol. The number of amides is 2. The van der Waals surface area contributed by atoms with E-state index in [9.17, 15) is 9.59 Å². The van der Waals surface area contributed by atoms with E-state index < -0.39 is 6.04 Å². The van der Waals surface area contributed by atoms with E-state index in [4.69, 9.17) is 5.26 Å². The maximum Gasteiger partial charge on any atom is 1.00 e. The first-order valence-electron chi connectivity index (χ1n) is 9.78. The van der Waals surface area contributed by atoms with Crippen LogP contribution in [0.4, 0.5) is 5.69 Å². The Morgan fingerprint density at radius 1 is 1.19 bits per heavy atom. The van der Waals surface area contributed by atoms with E-state index in [-0.39, 0.29) is 50.9 Å². The van der Waals surface area contributed by atoms with Crippen LogP contribution in [0.5, 0.6) is 0 Å². The predicted octanol–water partition coefficient (Wildman–Crippen LogP) is -0.194. The van der Waals surface area contributed by atoms with Crippen LogP contribution < -0.4 is 29.1 Å². The topological polar surface area (TPSA) is 91.0 Å². The van der Waals surface area contributed by atoms with Gasteiger partial charge in [0, 0.05) is 30.7 Å². The van der Waals surface area contributed by atoms with Crippen molar-refractivity contribution in [1.29, 1.82) is 5.26 Å². The van der Waals surface area contributed by atoms with E-state index in [0.717, 1.165) is 16.9 Å². The smallest absolute Gasteiger partial charge is 1.00 e. The Hall–Kier alpha value is -3.03. The van der Waals surface area contributed by atoms with Gasteiger partial charge in [0.15, 0.2) is 0 Å². The number of nitrogens with zero attached hydrogens (tertiary/aromatic N) is 4. The number of imidazole rings is 1. The van der Waals surface area contributed by atoms with Gasteiger partial charge in [-0.25, -0.2) is 4.98 Å². The van der Waals surface area contributed by atoms with Gasteiger partial charge in [0.25, 0.3) is 0 Å². The fraction of sp³-hybridized carbons (Fsp3) is 0.217. The zero-order chi connectivity index (χ0) is 20.9. The summed E-state index contributed by atoms with van der Waals surface area (Å²) in [4.78, 5) is 31.1. The number of hydrogen-bond acceptors (Lipinski definition) is 4. The van der Waals surface area contributed by atoms with Crippen molar-refractivity contribution in [2.75, 3.05) is 11.4 Å². The summed E-state index contributed by atoms with van der Waals surface area (Å²) in [5.41, 5.74) is 3.23. The fourth-order valence-electron chi connectivity index (χ4n) is 3.61. The summed E-state index contributed by atoms with van der Waals surface area (Å²) in [6.45, 7) is 1.14. The van der Waals surface area contributed by atoms with Crippen LogP contribution in [0.25, 0.3) is 0 Å². The van der Waals surface area contributed by atoms with Crippen molar-refractivity contribution >= 4 is 29.9 Å². The number of hydrogen-bond donors (Lipinski definition) is 1. The Morgan fingerprint density at radius 3 is 2.59 bits per heavy atom. The van der Waals surface area contributed by atoms with Crippen molar-refractivity contribution in [1.82, 2.24) is 14.9 Å². The molecule has 1 fully saturated rings. The third kappa shape index (κ3) is 5.81. The number of anilines is 1. The van der Waals surface area contributed by atoms with E-state index in [0.29, 0.717) is 25.1 Å². The van der Waals surface area contributed by atoms with Gasteiger partial charge in [0.2, 0.25) is 11.8 Å². The van der Waals surface area contributed by atoms with Crippen LogP contribution >= 0.6 is 12.4 Å². The van der Waals surface area contributed by atoms with Crippen LogP contribution in [0.15, 0.2) is 67.1 Å². The fourth-order valence-corrected chi connectivity index (χ4v) is 3.61.